The molecule has 158 valence electrons. The van der Waals surface area contributed by atoms with E-state index in [4.69, 9.17) is 9.26 Å². The van der Waals surface area contributed by atoms with Crippen LogP contribution in [0.25, 0.3) is 11.1 Å². The lowest BCUT2D eigenvalue weighted by Gasteiger charge is -2.32. The molecule has 1 fully saturated rings. The van der Waals surface area contributed by atoms with Gasteiger partial charge in [0.25, 0.3) is 11.6 Å². The van der Waals surface area contributed by atoms with E-state index in [1.807, 2.05) is 0 Å². The SMILES string of the molecule is COc1cc(C(=O)N2CCC[C@H](c3cc(C(F)(F)F)c4c(C)noc4n3)C2)ccn1. The Morgan fingerprint density at radius 2 is 2.13 bits per heavy atom. The zero-order valence-electron chi connectivity index (χ0n) is 16.4. The number of piperidine rings is 1. The Labute approximate surface area is 169 Å². The molecule has 0 saturated carbocycles. The number of amides is 1. The van der Waals surface area contributed by atoms with Crippen molar-refractivity contribution in [2.24, 2.45) is 0 Å². The average molecular weight is 420 g/mol. The van der Waals surface area contributed by atoms with Gasteiger partial charge in [0.05, 0.1) is 29.4 Å². The highest BCUT2D eigenvalue weighted by molar-refractivity contribution is 5.94. The second kappa shape index (κ2) is 7.58. The van der Waals surface area contributed by atoms with Gasteiger partial charge in [-0.2, -0.15) is 13.2 Å². The molecule has 0 radical (unpaired) electrons. The molecule has 3 aromatic rings. The number of pyridine rings is 2. The van der Waals surface area contributed by atoms with Gasteiger partial charge in [-0.05, 0) is 31.9 Å². The van der Waals surface area contributed by atoms with E-state index in [1.54, 1.807) is 11.0 Å². The van der Waals surface area contributed by atoms with Crippen LogP contribution in [0.3, 0.4) is 0 Å². The largest absolute Gasteiger partial charge is 0.481 e. The van der Waals surface area contributed by atoms with Gasteiger partial charge in [-0.15, -0.1) is 0 Å². The summed E-state index contributed by atoms with van der Waals surface area (Å²) in [5, 5.41) is 3.51. The van der Waals surface area contributed by atoms with Crippen LogP contribution in [-0.4, -0.2) is 46.1 Å². The van der Waals surface area contributed by atoms with Crippen molar-refractivity contribution < 1.29 is 27.2 Å². The molecule has 7 nitrogen and oxygen atoms in total. The van der Waals surface area contributed by atoms with Gasteiger partial charge in [0, 0.05) is 36.8 Å². The third kappa shape index (κ3) is 3.69. The second-order valence-corrected chi connectivity index (χ2v) is 7.22. The number of nitrogens with zero attached hydrogens (tertiary/aromatic N) is 4. The molecule has 4 heterocycles. The Morgan fingerprint density at radius 3 is 2.87 bits per heavy atom. The summed E-state index contributed by atoms with van der Waals surface area (Å²) < 4.78 is 51.0. The Morgan fingerprint density at radius 1 is 1.33 bits per heavy atom. The predicted octanol–water partition coefficient (Wildman–Crippen LogP) is 3.97. The number of rotatable bonds is 3. The van der Waals surface area contributed by atoms with Crippen LogP contribution in [0.1, 0.15) is 46.1 Å². The molecule has 0 aliphatic carbocycles. The van der Waals surface area contributed by atoms with Crippen molar-refractivity contribution in [1.82, 2.24) is 20.0 Å². The maximum atomic E-state index is 13.6. The first-order valence-corrected chi connectivity index (χ1v) is 9.41. The quantitative estimate of drug-likeness (QED) is 0.638. The summed E-state index contributed by atoms with van der Waals surface area (Å²) in [7, 11) is 1.46. The lowest BCUT2D eigenvalue weighted by atomic mass is 9.92. The van der Waals surface area contributed by atoms with Gasteiger partial charge in [0.2, 0.25) is 5.88 Å². The maximum absolute atomic E-state index is 13.6. The Balaban J connectivity index is 1.65. The molecule has 1 atom stereocenters. The van der Waals surface area contributed by atoms with Crippen molar-refractivity contribution in [3.63, 3.8) is 0 Å². The van der Waals surface area contributed by atoms with Gasteiger partial charge in [0.15, 0.2) is 0 Å². The molecule has 0 bridgehead atoms. The molecule has 3 aromatic heterocycles. The summed E-state index contributed by atoms with van der Waals surface area (Å²) in [6, 6.07) is 4.17. The monoisotopic (exact) mass is 420 g/mol. The minimum absolute atomic E-state index is 0.126. The molecular formula is C20H19F3N4O3. The van der Waals surface area contributed by atoms with E-state index in [0.717, 1.165) is 6.07 Å². The first-order valence-electron chi connectivity index (χ1n) is 9.41. The molecule has 0 aromatic carbocycles. The molecule has 30 heavy (non-hydrogen) atoms. The minimum Gasteiger partial charge on any atom is -0.481 e. The van der Waals surface area contributed by atoms with Crippen LogP contribution in [0.4, 0.5) is 13.2 Å². The van der Waals surface area contributed by atoms with Crippen molar-refractivity contribution in [1.29, 1.82) is 0 Å². The smallest absolute Gasteiger partial charge is 0.417 e. The molecule has 1 aliphatic heterocycles. The highest BCUT2D eigenvalue weighted by Crippen LogP contribution is 2.38. The predicted molar refractivity (Wildman–Crippen MR) is 100 cm³/mol. The fourth-order valence-electron chi connectivity index (χ4n) is 3.79. The lowest BCUT2D eigenvalue weighted by Crippen LogP contribution is -2.39. The van der Waals surface area contributed by atoms with Crippen molar-refractivity contribution in [2.75, 3.05) is 20.2 Å². The summed E-state index contributed by atoms with van der Waals surface area (Å²) in [5.74, 6) is -0.257. The molecule has 0 N–H and O–H groups in total. The first kappa shape index (κ1) is 20.1. The summed E-state index contributed by atoms with van der Waals surface area (Å²) in [6.45, 7) is 2.22. The molecule has 10 heteroatoms. The normalized spacial score (nSPS) is 17.4. The van der Waals surface area contributed by atoms with Crippen LogP contribution in [0.15, 0.2) is 28.9 Å². The van der Waals surface area contributed by atoms with Crippen LogP contribution in [0.2, 0.25) is 0 Å². The van der Waals surface area contributed by atoms with Crippen LogP contribution >= 0.6 is 0 Å². The summed E-state index contributed by atoms with van der Waals surface area (Å²) in [6.07, 6.45) is -1.82. The van der Waals surface area contributed by atoms with E-state index in [-0.39, 0.29) is 40.9 Å². The number of ether oxygens (including phenoxy) is 1. The highest BCUT2D eigenvalue weighted by atomic mass is 19.4. The second-order valence-electron chi connectivity index (χ2n) is 7.22. The third-order valence-electron chi connectivity index (χ3n) is 5.26. The van der Waals surface area contributed by atoms with Crippen LogP contribution in [0, 0.1) is 6.92 Å². The highest BCUT2D eigenvalue weighted by Gasteiger charge is 2.37. The zero-order chi connectivity index (χ0) is 21.5. The molecule has 0 unspecified atom stereocenters. The van der Waals surface area contributed by atoms with Gasteiger partial charge in [-0.3, -0.25) is 4.79 Å². The molecule has 1 aliphatic rings. The van der Waals surface area contributed by atoms with Crippen molar-refractivity contribution in [3.05, 3.63) is 46.9 Å². The number of methoxy groups -OCH3 is 1. The van der Waals surface area contributed by atoms with Gasteiger partial charge in [-0.1, -0.05) is 5.16 Å². The number of halogens is 3. The average Bonchev–Trinajstić information content (AvgIpc) is 3.12. The maximum Gasteiger partial charge on any atom is 0.417 e. The number of alkyl halides is 3. The van der Waals surface area contributed by atoms with Crippen molar-refractivity contribution >= 4 is 17.0 Å². The molecule has 0 spiro atoms. The van der Waals surface area contributed by atoms with Crippen LogP contribution < -0.4 is 4.74 Å². The lowest BCUT2D eigenvalue weighted by molar-refractivity contribution is -0.136. The van der Waals surface area contributed by atoms with E-state index in [0.29, 0.717) is 30.8 Å². The molecule has 4 rings (SSSR count). The molecule has 1 amide bonds. The molecular weight excluding hydrogens is 401 g/mol. The number of carbonyl (C=O) groups is 1. The number of likely N-dealkylation sites (tertiary alicyclic amines) is 1. The van der Waals surface area contributed by atoms with Gasteiger partial charge >= 0.3 is 6.18 Å². The Kier molecular flexibility index (Phi) is 5.08. The summed E-state index contributed by atoms with van der Waals surface area (Å²) >= 11 is 0. The number of fused-ring (bicyclic) bond motifs is 1. The van der Waals surface area contributed by atoms with E-state index in [1.165, 1.54) is 26.3 Å². The van der Waals surface area contributed by atoms with E-state index < -0.39 is 11.7 Å². The van der Waals surface area contributed by atoms with Crippen molar-refractivity contribution in [3.8, 4) is 5.88 Å². The van der Waals surface area contributed by atoms with Crippen LogP contribution in [-0.2, 0) is 6.18 Å². The summed E-state index contributed by atoms with van der Waals surface area (Å²) in [5.41, 5.74) is -0.157. The van der Waals surface area contributed by atoms with Crippen molar-refractivity contribution in [2.45, 2.75) is 31.9 Å². The Bertz CT molecular complexity index is 1100. The number of hydrogen-bond donors (Lipinski definition) is 0. The zero-order valence-corrected chi connectivity index (χ0v) is 16.4. The topological polar surface area (TPSA) is 81.4 Å². The third-order valence-corrected chi connectivity index (χ3v) is 5.26. The fourth-order valence-corrected chi connectivity index (χ4v) is 3.79. The van der Waals surface area contributed by atoms with Crippen LogP contribution in [0.5, 0.6) is 5.88 Å². The number of aryl methyl sites for hydroxylation is 1. The number of hydrogen-bond acceptors (Lipinski definition) is 6. The molecule has 1 saturated heterocycles. The number of carbonyl (C=O) groups excluding carboxylic acids is 1. The van der Waals surface area contributed by atoms with E-state index in [9.17, 15) is 18.0 Å². The van der Waals surface area contributed by atoms with E-state index in [2.05, 4.69) is 15.1 Å². The fraction of sp³-hybridized carbons (Fsp3) is 0.400. The van der Waals surface area contributed by atoms with Gasteiger partial charge < -0.3 is 14.2 Å². The first-order chi connectivity index (χ1) is 14.3. The standard InChI is InChI=1S/C20H19F3N4O3/c1-11-17-14(20(21,22)23)9-15(25-18(17)30-26-11)13-4-3-7-27(10-13)19(28)12-5-6-24-16(8-12)29-2/h5-6,8-9,13H,3-4,7,10H2,1-2H3/t13-/m0/s1. The van der Waals surface area contributed by atoms with Gasteiger partial charge in [-0.25, -0.2) is 9.97 Å². The number of aromatic nitrogens is 3. The van der Waals surface area contributed by atoms with E-state index >= 15 is 0 Å². The van der Waals surface area contributed by atoms with Gasteiger partial charge in [0.1, 0.15) is 0 Å². The minimum atomic E-state index is -4.57. The Hall–Kier alpha value is -3.17. The summed E-state index contributed by atoms with van der Waals surface area (Å²) in [4.78, 5) is 22.8.